The summed E-state index contributed by atoms with van der Waals surface area (Å²) in [6.07, 6.45) is 12.6. The van der Waals surface area contributed by atoms with Crippen LogP contribution in [0.15, 0.2) is 72.4 Å². The highest BCUT2D eigenvalue weighted by Gasteiger charge is 2.27. The van der Waals surface area contributed by atoms with Gasteiger partial charge < -0.3 is 39.4 Å². The molecule has 17 heteroatoms. The molecular weight excluding hydrogens is 777 g/mol. The number of Topliss-reactive ketones (excluding diaryl/α,β-unsaturated/α-hetero) is 2. The van der Waals surface area contributed by atoms with Crippen LogP contribution in [-0.2, 0) is 49.6 Å². The highest BCUT2D eigenvalue weighted by atomic mass is 16.6. The van der Waals surface area contributed by atoms with Gasteiger partial charge in [-0.05, 0) is 77.1 Å². The fourth-order valence-electron chi connectivity index (χ4n) is 5.11. The summed E-state index contributed by atoms with van der Waals surface area (Å²) in [5.74, 6) is -2.26. The first-order valence-electron chi connectivity index (χ1n) is 18.8. The molecule has 1 aromatic carbocycles. The highest BCUT2D eigenvalue weighted by molar-refractivity contribution is 6.27. The molecule has 0 aromatic heterocycles. The summed E-state index contributed by atoms with van der Waals surface area (Å²) in [4.78, 5) is 88.1. The summed E-state index contributed by atoms with van der Waals surface area (Å²) in [6.45, 7) is 13.1. The minimum atomic E-state index is -1.06. The van der Waals surface area contributed by atoms with Crippen molar-refractivity contribution in [2.24, 2.45) is 0 Å². The summed E-state index contributed by atoms with van der Waals surface area (Å²) in [7, 11) is 3.63. The van der Waals surface area contributed by atoms with Crippen LogP contribution in [0.2, 0.25) is 0 Å². The molecule has 2 N–H and O–H groups in total. The molecule has 2 aliphatic heterocycles. The van der Waals surface area contributed by atoms with Gasteiger partial charge in [0.05, 0.1) is 17.8 Å². The van der Waals surface area contributed by atoms with Gasteiger partial charge in [0, 0.05) is 51.3 Å². The number of benzene rings is 1. The maximum absolute atomic E-state index is 12.3. The van der Waals surface area contributed by atoms with Crippen molar-refractivity contribution in [1.29, 1.82) is 0 Å². The van der Waals surface area contributed by atoms with Crippen LogP contribution < -0.4 is 24.7 Å². The lowest BCUT2D eigenvalue weighted by Crippen LogP contribution is -2.43. The molecule has 324 valence electrons. The van der Waals surface area contributed by atoms with Gasteiger partial charge >= 0.3 is 36.4 Å². The smallest absolute Gasteiger partial charge is 0.408 e. The predicted octanol–water partition coefficient (Wildman–Crippen LogP) is 3.04. The molecule has 0 saturated carbocycles. The van der Waals surface area contributed by atoms with E-state index in [4.69, 9.17) is 18.9 Å². The van der Waals surface area contributed by atoms with Crippen molar-refractivity contribution in [3.05, 3.63) is 77.9 Å². The van der Waals surface area contributed by atoms with E-state index in [1.165, 1.54) is 0 Å². The monoisotopic (exact) mass is 834 g/mol. The number of nitrogens with zero attached hydrogens (tertiary/aromatic N) is 4. The van der Waals surface area contributed by atoms with E-state index in [0.717, 1.165) is 12.4 Å². The molecule has 2 atom stereocenters. The maximum atomic E-state index is 12.3. The van der Waals surface area contributed by atoms with Gasteiger partial charge in [0.15, 0.2) is 0 Å². The predicted molar refractivity (Wildman–Crippen MR) is 229 cm³/mol. The molecule has 0 aliphatic carbocycles. The molecule has 0 unspecified atom stereocenters. The quantitative estimate of drug-likeness (QED) is 0.0675. The minimum absolute atomic E-state index is 0. The first-order valence-corrected chi connectivity index (χ1v) is 18.8. The topological polar surface area (TPSA) is 215 Å². The summed E-state index contributed by atoms with van der Waals surface area (Å²) in [6, 6.07) is 4.54. The number of allylic oxidation sites excluding steroid dienone is 2. The van der Waals surface area contributed by atoms with Gasteiger partial charge in [-0.1, -0.05) is 31.7 Å². The van der Waals surface area contributed by atoms with Crippen LogP contribution in [0.25, 0.3) is 0 Å². The normalized spacial score (nSPS) is 13.5. The van der Waals surface area contributed by atoms with Crippen LogP contribution in [-0.4, -0.2) is 116 Å². The molecule has 0 fully saturated rings. The van der Waals surface area contributed by atoms with Gasteiger partial charge in [-0.15, -0.1) is 9.34 Å². The third-order valence-corrected chi connectivity index (χ3v) is 7.83. The van der Waals surface area contributed by atoms with E-state index in [9.17, 15) is 33.6 Å². The Morgan fingerprint density at radius 1 is 0.733 bits per heavy atom. The molecule has 3 rings (SSSR count). The second kappa shape index (κ2) is 27.0. The zero-order valence-corrected chi connectivity index (χ0v) is 34.4. The maximum Gasteiger partial charge on any atom is 0.408 e. The third kappa shape index (κ3) is 20.0. The van der Waals surface area contributed by atoms with E-state index in [0.29, 0.717) is 35.3 Å². The molecule has 0 saturated heterocycles. The standard InChI is InChI=1S/C25H29N3O7.C17H23N3O4.CH4/c1-17(2)34-24(31)22(12-9-20(29)14-26-3)27-25(32)33-16-18-7-10-21(11-8-18)35-23(30)19-6-5-13-28(4)15-19;1-12(2)24-17(23)15(8-7-14(21)10-18-3)19-16(22)13-6-5-9-20(4)11-13;/h5,7-8,10-11,13-15,17,22H,3,6,9,12,16H2,1-2,4H3;5,9-12,15H,3,6-8H2,1-2,4H3;1H4/p+2/t22-;15-;/m00./s1. The Morgan fingerprint density at radius 2 is 1.20 bits per heavy atom. The van der Waals surface area contributed by atoms with E-state index in [1.807, 2.05) is 38.6 Å². The largest absolute Gasteiger partial charge is 0.461 e. The van der Waals surface area contributed by atoms with Gasteiger partial charge in [-0.2, -0.15) is 0 Å². The van der Waals surface area contributed by atoms with Crippen molar-refractivity contribution < 1.29 is 52.5 Å². The zero-order valence-electron chi connectivity index (χ0n) is 34.4. The van der Waals surface area contributed by atoms with Crippen molar-refractivity contribution in [3.63, 3.8) is 0 Å². The minimum Gasteiger partial charge on any atom is -0.461 e. The van der Waals surface area contributed by atoms with Crippen molar-refractivity contribution in [3.8, 4) is 5.75 Å². The lowest BCUT2D eigenvalue weighted by molar-refractivity contribution is -0.151. The van der Waals surface area contributed by atoms with E-state index in [2.05, 4.69) is 33.4 Å². The number of hydrogen-bond donors (Lipinski definition) is 2. The Balaban J connectivity index is 0.000000632. The molecule has 17 nitrogen and oxygen atoms in total. The lowest BCUT2D eigenvalue weighted by atomic mass is 10.1. The van der Waals surface area contributed by atoms with Crippen LogP contribution >= 0.6 is 0 Å². The Morgan fingerprint density at radius 3 is 1.67 bits per heavy atom. The van der Waals surface area contributed by atoms with Crippen LogP contribution in [0.5, 0.6) is 5.75 Å². The van der Waals surface area contributed by atoms with Crippen molar-refractivity contribution >= 4 is 67.3 Å². The van der Waals surface area contributed by atoms with Crippen LogP contribution in [0.4, 0.5) is 4.79 Å². The Hall–Kier alpha value is -6.83. The average Bonchev–Trinajstić information content (AvgIpc) is 3.17. The molecule has 2 aliphatic rings. The number of rotatable bonds is 19. The third-order valence-electron chi connectivity index (χ3n) is 7.83. The fourth-order valence-corrected chi connectivity index (χ4v) is 5.11. The molecule has 2 amide bonds. The zero-order chi connectivity index (χ0) is 43.9. The number of nitrogens with one attached hydrogen (secondary N) is 2. The van der Waals surface area contributed by atoms with Gasteiger partial charge in [0.2, 0.25) is 17.5 Å². The Bertz CT molecular complexity index is 1900. The van der Waals surface area contributed by atoms with E-state index in [-0.39, 0.29) is 69.4 Å². The van der Waals surface area contributed by atoms with Crippen molar-refractivity contribution in [2.45, 2.75) is 105 Å². The second-order valence-corrected chi connectivity index (χ2v) is 13.8. The molecular formula is C43H58N6O11+2. The number of amides is 2. The molecule has 0 radical (unpaired) electrons. The summed E-state index contributed by atoms with van der Waals surface area (Å²) < 4.78 is 27.7. The second-order valence-electron chi connectivity index (χ2n) is 13.8. The summed E-state index contributed by atoms with van der Waals surface area (Å²) >= 11 is 0. The first-order chi connectivity index (χ1) is 28.0. The number of carbonyl (C=O) groups excluding carboxylic acids is 7. The van der Waals surface area contributed by atoms with Crippen LogP contribution in [0.3, 0.4) is 0 Å². The van der Waals surface area contributed by atoms with Crippen molar-refractivity contribution in [1.82, 2.24) is 29.8 Å². The number of alkyl carbamates (subject to hydrolysis) is 1. The molecule has 1 aromatic rings. The fraction of sp³-hybridized carbons (Fsp3) is 0.419. The van der Waals surface area contributed by atoms with E-state index < -0.39 is 36.1 Å². The average molecular weight is 835 g/mol. The summed E-state index contributed by atoms with van der Waals surface area (Å²) in [5, 5.41) is 5.09. The Kier molecular flexibility index (Phi) is 23.0. The van der Waals surface area contributed by atoms with Crippen LogP contribution in [0.1, 0.15) is 79.2 Å². The van der Waals surface area contributed by atoms with Crippen molar-refractivity contribution in [2.75, 3.05) is 14.1 Å². The number of hydrogen-bond acceptors (Lipinski definition) is 13. The number of ketones is 2. The molecule has 0 bridgehead atoms. The highest BCUT2D eigenvalue weighted by Crippen LogP contribution is 2.18. The molecule has 60 heavy (non-hydrogen) atoms. The molecule has 2 heterocycles. The summed E-state index contributed by atoms with van der Waals surface area (Å²) in [5.41, 5.74) is 1.71. The first kappa shape index (κ1) is 51.2. The lowest BCUT2D eigenvalue weighted by Gasteiger charge is -2.21. The van der Waals surface area contributed by atoms with Gasteiger partial charge in [0.1, 0.15) is 24.4 Å². The SMILES string of the molecule is C.C=[N+]=CC(=O)CC[C@H](NC(=O)C1=CN(C)C=CC1)C(=O)OC(C)C.C=[N+]=CC(=O)CC[C@H](NC(=O)OCc1ccc(OC(=O)C2=CN(C)C=CC2)cc1)C(=O)OC(C)C. The number of ether oxygens (including phenoxy) is 4. The van der Waals surface area contributed by atoms with Crippen LogP contribution in [0, 0.1) is 0 Å². The van der Waals surface area contributed by atoms with Gasteiger partial charge in [-0.3, -0.25) is 14.4 Å². The Labute approximate surface area is 351 Å². The van der Waals surface area contributed by atoms with Gasteiger partial charge in [0.25, 0.3) is 13.4 Å². The van der Waals surface area contributed by atoms with E-state index >= 15 is 0 Å². The molecule has 0 spiro atoms. The van der Waals surface area contributed by atoms with E-state index in [1.54, 1.807) is 74.2 Å². The number of carbonyl (C=O) groups is 7. The van der Waals surface area contributed by atoms with Gasteiger partial charge in [-0.25, -0.2) is 19.2 Å². The number of esters is 3.